The van der Waals surface area contributed by atoms with Gasteiger partial charge < -0.3 is 9.47 Å². The third-order valence-corrected chi connectivity index (χ3v) is 6.15. The Kier molecular flexibility index (Phi) is 7.07. The third kappa shape index (κ3) is 4.70. The summed E-state index contributed by atoms with van der Waals surface area (Å²) in [5.74, 6) is 0.0899. The SMILES string of the molecule is CCOc1cc(/C=C2/SC(=O)N(Cc3c(F)cccc3Cl)C2=O)cc(I)c1OC. The van der Waals surface area contributed by atoms with E-state index in [0.29, 0.717) is 23.7 Å². The highest BCUT2D eigenvalue weighted by Gasteiger charge is 2.36. The Hall–Kier alpha value is -1.78. The summed E-state index contributed by atoms with van der Waals surface area (Å²) >= 11 is 8.94. The number of hydrogen-bond acceptors (Lipinski definition) is 5. The maximum absolute atomic E-state index is 14.1. The molecule has 2 amide bonds. The van der Waals surface area contributed by atoms with Crippen molar-refractivity contribution in [2.24, 2.45) is 0 Å². The lowest BCUT2D eigenvalue weighted by Crippen LogP contribution is -2.28. The van der Waals surface area contributed by atoms with Gasteiger partial charge in [0.25, 0.3) is 11.1 Å². The van der Waals surface area contributed by atoms with Crippen molar-refractivity contribution in [1.82, 2.24) is 4.90 Å². The average molecular weight is 548 g/mol. The molecule has 9 heteroatoms. The summed E-state index contributed by atoms with van der Waals surface area (Å²) in [5, 5.41) is -0.312. The largest absolute Gasteiger partial charge is 0.492 e. The molecule has 0 bridgehead atoms. The first-order valence-electron chi connectivity index (χ1n) is 8.54. The van der Waals surface area contributed by atoms with Gasteiger partial charge >= 0.3 is 0 Å². The summed E-state index contributed by atoms with van der Waals surface area (Å²) in [4.78, 5) is 26.3. The molecule has 0 saturated carbocycles. The van der Waals surface area contributed by atoms with Gasteiger partial charge in [-0.2, -0.15) is 0 Å². The molecule has 1 saturated heterocycles. The molecule has 5 nitrogen and oxygen atoms in total. The molecule has 2 aromatic rings. The van der Waals surface area contributed by atoms with Gasteiger partial charge in [-0.05, 0) is 77.2 Å². The van der Waals surface area contributed by atoms with E-state index in [9.17, 15) is 14.0 Å². The van der Waals surface area contributed by atoms with Gasteiger partial charge in [0.1, 0.15) is 5.82 Å². The van der Waals surface area contributed by atoms with Crippen LogP contribution in [-0.4, -0.2) is 29.8 Å². The molecule has 0 aromatic heterocycles. The van der Waals surface area contributed by atoms with E-state index in [4.69, 9.17) is 21.1 Å². The maximum Gasteiger partial charge on any atom is 0.293 e. The zero-order valence-electron chi connectivity index (χ0n) is 15.5. The minimum absolute atomic E-state index is 0.107. The first-order valence-corrected chi connectivity index (χ1v) is 10.8. The van der Waals surface area contributed by atoms with Crippen molar-refractivity contribution in [1.29, 1.82) is 0 Å². The van der Waals surface area contributed by atoms with Gasteiger partial charge in [0, 0.05) is 10.6 Å². The fraction of sp³-hybridized carbons (Fsp3) is 0.200. The fourth-order valence-electron chi connectivity index (χ4n) is 2.76. The zero-order chi connectivity index (χ0) is 21.1. The van der Waals surface area contributed by atoms with Gasteiger partial charge in [-0.15, -0.1) is 0 Å². The number of nitrogens with zero attached hydrogens (tertiary/aromatic N) is 1. The van der Waals surface area contributed by atoms with Crippen LogP contribution < -0.4 is 9.47 Å². The van der Waals surface area contributed by atoms with Crippen molar-refractivity contribution in [3.63, 3.8) is 0 Å². The predicted molar refractivity (Wildman–Crippen MR) is 120 cm³/mol. The van der Waals surface area contributed by atoms with Crippen LogP contribution in [-0.2, 0) is 11.3 Å². The standard InChI is InChI=1S/C20H16ClFINO4S/c1-3-28-16-8-11(7-15(23)18(16)27-2)9-17-19(25)24(20(26)29-17)10-12-13(21)5-4-6-14(12)22/h4-9H,3,10H2,1-2H3/b17-9+. The smallest absolute Gasteiger partial charge is 0.293 e. The van der Waals surface area contributed by atoms with E-state index in [1.165, 1.54) is 18.2 Å². The van der Waals surface area contributed by atoms with Crippen LogP contribution in [0.25, 0.3) is 6.08 Å². The number of carbonyl (C=O) groups excluding carboxylic acids is 2. The van der Waals surface area contributed by atoms with Crippen LogP contribution in [0.3, 0.4) is 0 Å². The van der Waals surface area contributed by atoms with E-state index in [-0.39, 0.29) is 22.0 Å². The monoisotopic (exact) mass is 547 g/mol. The van der Waals surface area contributed by atoms with Gasteiger partial charge in [-0.25, -0.2) is 4.39 Å². The lowest BCUT2D eigenvalue weighted by molar-refractivity contribution is -0.123. The molecule has 0 radical (unpaired) electrons. The van der Waals surface area contributed by atoms with E-state index in [1.807, 2.05) is 13.0 Å². The Bertz CT molecular complexity index is 994. The number of benzene rings is 2. The Morgan fingerprint density at radius 2 is 2.07 bits per heavy atom. The molecular weight excluding hydrogens is 532 g/mol. The van der Waals surface area contributed by atoms with Gasteiger partial charge in [0.2, 0.25) is 0 Å². The summed E-state index contributed by atoms with van der Waals surface area (Å²) in [6.07, 6.45) is 1.61. The van der Waals surface area contributed by atoms with Crippen LogP contribution >= 0.6 is 46.0 Å². The molecule has 0 aliphatic carbocycles. The maximum atomic E-state index is 14.1. The van der Waals surface area contributed by atoms with Gasteiger partial charge in [0.15, 0.2) is 11.5 Å². The first-order chi connectivity index (χ1) is 13.8. The van der Waals surface area contributed by atoms with Crippen LogP contribution in [0.15, 0.2) is 35.2 Å². The van der Waals surface area contributed by atoms with Gasteiger partial charge in [-0.3, -0.25) is 14.5 Å². The summed E-state index contributed by atoms with van der Waals surface area (Å²) in [5.41, 5.74) is 0.795. The van der Waals surface area contributed by atoms with Gasteiger partial charge in [0.05, 0.1) is 28.7 Å². The molecule has 0 unspecified atom stereocenters. The number of amides is 2. The van der Waals surface area contributed by atoms with E-state index in [0.717, 1.165) is 20.2 Å². The van der Waals surface area contributed by atoms with Crippen molar-refractivity contribution in [3.05, 3.63) is 60.8 Å². The highest BCUT2D eigenvalue weighted by molar-refractivity contribution is 14.1. The molecule has 0 spiro atoms. The summed E-state index contributed by atoms with van der Waals surface area (Å²) in [7, 11) is 1.55. The topological polar surface area (TPSA) is 55.8 Å². The summed E-state index contributed by atoms with van der Waals surface area (Å²) < 4.78 is 25.8. The quantitative estimate of drug-likeness (QED) is 0.342. The number of halogens is 3. The van der Waals surface area contributed by atoms with Crippen LogP contribution in [0.5, 0.6) is 11.5 Å². The summed E-state index contributed by atoms with van der Waals surface area (Å²) in [6, 6.07) is 7.79. The second kappa shape index (κ2) is 9.36. The third-order valence-electron chi connectivity index (χ3n) is 4.09. The van der Waals surface area contributed by atoms with Crippen molar-refractivity contribution in [2.45, 2.75) is 13.5 Å². The number of thioether (sulfide) groups is 1. The van der Waals surface area contributed by atoms with Crippen molar-refractivity contribution >= 4 is 63.2 Å². The molecule has 3 rings (SSSR count). The number of carbonyl (C=O) groups is 2. The number of imide groups is 1. The van der Waals surface area contributed by atoms with E-state index in [2.05, 4.69) is 22.6 Å². The molecule has 0 atom stereocenters. The second-order valence-corrected chi connectivity index (χ2v) is 8.50. The minimum atomic E-state index is -0.563. The Balaban J connectivity index is 1.90. The normalized spacial score (nSPS) is 15.3. The predicted octanol–water partition coefficient (Wildman–Crippen LogP) is 5.73. The molecule has 1 aliphatic heterocycles. The van der Waals surface area contributed by atoms with Crippen LogP contribution in [0.4, 0.5) is 9.18 Å². The Morgan fingerprint density at radius 3 is 2.72 bits per heavy atom. The zero-order valence-corrected chi connectivity index (χ0v) is 19.2. The molecule has 0 N–H and O–H groups in total. The molecule has 2 aromatic carbocycles. The van der Waals surface area contributed by atoms with Crippen LogP contribution in [0.2, 0.25) is 5.02 Å². The second-order valence-electron chi connectivity index (χ2n) is 5.94. The highest BCUT2D eigenvalue weighted by atomic mass is 127. The van der Waals surface area contributed by atoms with Crippen molar-refractivity contribution in [2.75, 3.05) is 13.7 Å². The fourth-order valence-corrected chi connectivity index (χ4v) is 4.67. The highest BCUT2D eigenvalue weighted by Crippen LogP contribution is 2.38. The number of rotatable bonds is 6. The van der Waals surface area contributed by atoms with Crippen molar-refractivity contribution in [3.8, 4) is 11.5 Å². The lowest BCUT2D eigenvalue weighted by Gasteiger charge is -2.14. The molecule has 29 heavy (non-hydrogen) atoms. The first kappa shape index (κ1) is 21.9. The van der Waals surface area contributed by atoms with Crippen LogP contribution in [0, 0.1) is 9.39 Å². The summed E-state index contributed by atoms with van der Waals surface area (Å²) in [6.45, 7) is 2.09. The Labute approximate surface area is 190 Å². The molecular formula is C20H16ClFINO4S. The van der Waals surface area contributed by atoms with Crippen molar-refractivity contribution < 1.29 is 23.5 Å². The molecule has 1 heterocycles. The number of methoxy groups -OCH3 is 1. The molecule has 1 aliphatic rings. The Morgan fingerprint density at radius 1 is 1.31 bits per heavy atom. The lowest BCUT2D eigenvalue weighted by atomic mass is 10.1. The van der Waals surface area contributed by atoms with E-state index < -0.39 is 17.0 Å². The van der Waals surface area contributed by atoms with E-state index >= 15 is 0 Å². The molecule has 1 fully saturated rings. The van der Waals surface area contributed by atoms with Crippen LogP contribution in [0.1, 0.15) is 18.1 Å². The number of ether oxygens (including phenoxy) is 2. The van der Waals surface area contributed by atoms with E-state index in [1.54, 1.807) is 19.3 Å². The number of hydrogen-bond donors (Lipinski definition) is 0. The average Bonchev–Trinajstić information content (AvgIpc) is 2.92. The van der Waals surface area contributed by atoms with Gasteiger partial charge in [-0.1, -0.05) is 17.7 Å². The minimum Gasteiger partial charge on any atom is -0.492 e. The molecule has 152 valence electrons.